The van der Waals surface area contributed by atoms with Crippen LogP contribution in [0.2, 0.25) is 0 Å². The van der Waals surface area contributed by atoms with Gasteiger partial charge in [0.15, 0.2) is 0 Å². The van der Waals surface area contributed by atoms with E-state index in [-0.39, 0.29) is 11.9 Å². The zero-order valence-electron chi connectivity index (χ0n) is 12.4. The number of nitrogens with one attached hydrogen (secondary N) is 1. The van der Waals surface area contributed by atoms with E-state index in [2.05, 4.69) is 11.4 Å². The summed E-state index contributed by atoms with van der Waals surface area (Å²) in [6.07, 6.45) is 3.70. The van der Waals surface area contributed by atoms with E-state index in [1.165, 1.54) is 31.4 Å². The average Bonchev–Trinajstić information content (AvgIpc) is 2.50. The summed E-state index contributed by atoms with van der Waals surface area (Å²) in [7, 11) is 0. The van der Waals surface area contributed by atoms with E-state index in [4.69, 9.17) is 5.26 Å². The van der Waals surface area contributed by atoms with Crippen molar-refractivity contribution in [2.24, 2.45) is 5.92 Å². The summed E-state index contributed by atoms with van der Waals surface area (Å²) in [4.78, 5) is 0. The van der Waals surface area contributed by atoms with Crippen LogP contribution in [-0.4, -0.2) is 0 Å². The lowest BCUT2D eigenvalue weighted by Crippen LogP contribution is -2.31. The Balaban J connectivity index is 1.73. The maximum Gasteiger partial charge on any atom is 0.123 e. The fourth-order valence-corrected chi connectivity index (χ4v) is 2.98. The molecule has 1 unspecified atom stereocenters. The summed E-state index contributed by atoms with van der Waals surface area (Å²) in [5.41, 5.74) is 2.93. The molecule has 3 heteroatoms. The number of benzene rings is 2. The molecule has 1 atom stereocenters. The molecule has 1 N–H and O–H groups in total. The van der Waals surface area contributed by atoms with Gasteiger partial charge in [-0.25, -0.2) is 4.39 Å². The Morgan fingerprint density at radius 1 is 1.18 bits per heavy atom. The lowest BCUT2D eigenvalue weighted by molar-refractivity contribution is 0.229. The molecule has 0 bridgehead atoms. The zero-order chi connectivity index (χ0) is 15.4. The third kappa shape index (κ3) is 3.35. The van der Waals surface area contributed by atoms with Gasteiger partial charge < -0.3 is 5.32 Å². The minimum absolute atomic E-state index is 0.196. The van der Waals surface area contributed by atoms with Gasteiger partial charge in [-0.3, -0.25) is 0 Å². The second-order valence-electron chi connectivity index (χ2n) is 5.91. The van der Waals surface area contributed by atoms with Crippen LogP contribution in [0.15, 0.2) is 48.5 Å². The van der Waals surface area contributed by atoms with Crippen LogP contribution in [0.5, 0.6) is 0 Å². The highest BCUT2D eigenvalue weighted by Gasteiger charge is 2.28. The number of halogens is 1. The van der Waals surface area contributed by atoms with E-state index in [1.807, 2.05) is 36.4 Å². The van der Waals surface area contributed by atoms with Crippen molar-refractivity contribution in [3.8, 4) is 6.07 Å². The Morgan fingerprint density at radius 3 is 2.59 bits per heavy atom. The quantitative estimate of drug-likeness (QED) is 0.891. The molecule has 3 rings (SSSR count). The first-order chi connectivity index (χ1) is 10.8. The molecule has 0 aromatic heterocycles. The largest absolute Gasteiger partial charge is 0.306 e. The number of nitrogens with zero attached hydrogens (tertiary/aromatic N) is 1. The molecule has 2 aromatic rings. The van der Waals surface area contributed by atoms with Crippen LogP contribution in [0, 0.1) is 23.1 Å². The monoisotopic (exact) mass is 294 g/mol. The Bertz CT molecular complexity index is 669. The molecule has 1 aliphatic rings. The molecule has 0 aliphatic heterocycles. The summed E-state index contributed by atoms with van der Waals surface area (Å²) in [5, 5.41) is 12.6. The van der Waals surface area contributed by atoms with Crippen molar-refractivity contribution < 1.29 is 4.39 Å². The normalized spacial score (nSPS) is 15.8. The summed E-state index contributed by atoms with van der Waals surface area (Å²) in [6.45, 7) is 0.716. The fraction of sp³-hybridized carbons (Fsp3) is 0.316. The third-order valence-corrected chi connectivity index (χ3v) is 4.43. The first-order valence-electron chi connectivity index (χ1n) is 7.74. The Morgan fingerprint density at radius 2 is 1.95 bits per heavy atom. The van der Waals surface area contributed by atoms with Crippen LogP contribution in [-0.2, 0) is 6.54 Å². The third-order valence-electron chi connectivity index (χ3n) is 4.43. The summed E-state index contributed by atoms with van der Waals surface area (Å²) in [5.74, 6) is 0.419. The lowest BCUT2D eigenvalue weighted by Gasteiger charge is -2.35. The van der Waals surface area contributed by atoms with Gasteiger partial charge in [0.25, 0.3) is 0 Å². The van der Waals surface area contributed by atoms with E-state index in [9.17, 15) is 4.39 Å². The van der Waals surface area contributed by atoms with Gasteiger partial charge in [0, 0.05) is 12.6 Å². The van der Waals surface area contributed by atoms with Crippen molar-refractivity contribution in [2.45, 2.75) is 31.8 Å². The van der Waals surface area contributed by atoms with Crippen molar-refractivity contribution in [1.29, 1.82) is 5.26 Å². The van der Waals surface area contributed by atoms with Gasteiger partial charge in [-0.1, -0.05) is 30.7 Å². The maximum atomic E-state index is 13.1. The maximum absolute atomic E-state index is 13.1. The van der Waals surface area contributed by atoms with Crippen LogP contribution in [0.3, 0.4) is 0 Å². The van der Waals surface area contributed by atoms with Crippen molar-refractivity contribution in [3.63, 3.8) is 0 Å². The van der Waals surface area contributed by atoms with Crippen LogP contribution in [0.1, 0.15) is 42.0 Å². The first-order valence-corrected chi connectivity index (χ1v) is 7.74. The highest BCUT2D eigenvalue weighted by atomic mass is 19.1. The molecular formula is C19H19FN2. The van der Waals surface area contributed by atoms with Gasteiger partial charge in [-0.2, -0.15) is 5.26 Å². The molecule has 0 saturated heterocycles. The first kappa shape index (κ1) is 14.7. The number of hydrogen-bond donors (Lipinski definition) is 1. The van der Waals surface area contributed by atoms with Gasteiger partial charge in [0.05, 0.1) is 11.6 Å². The van der Waals surface area contributed by atoms with Gasteiger partial charge >= 0.3 is 0 Å². The van der Waals surface area contributed by atoms with Gasteiger partial charge in [0.2, 0.25) is 0 Å². The Labute approximate surface area is 130 Å². The molecule has 2 nitrogen and oxygen atoms in total. The van der Waals surface area contributed by atoms with E-state index in [0.717, 1.165) is 11.1 Å². The molecule has 2 aromatic carbocycles. The molecule has 112 valence electrons. The Hall–Kier alpha value is -2.18. The predicted octanol–water partition coefficient (Wildman–Crippen LogP) is 4.33. The molecule has 0 radical (unpaired) electrons. The van der Waals surface area contributed by atoms with Crippen LogP contribution < -0.4 is 5.32 Å². The van der Waals surface area contributed by atoms with Crippen LogP contribution in [0.25, 0.3) is 0 Å². The van der Waals surface area contributed by atoms with E-state index in [0.29, 0.717) is 18.0 Å². The molecule has 0 amide bonds. The smallest absolute Gasteiger partial charge is 0.123 e. The summed E-state index contributed by atoms with van der Waals surface area (Å²) in [6, 6.07) is 16.9. The second-order valence-corrected chi connectivity index (χ2v) is 5.91. The highest BCUT2D eigenvalue weighted by Crippen LogP contribution is 2.37. The second kappa shape index (κ2) is 6.72. The molecule has 0 heterocycles. The minimum atomic E-state index is -0.196. The summed E-state index contributed by atoms with van der Waals surface area (Å²) >= 11 is 0. The van der Waals surface area contributed by atoms with Crippen LogP contribution in [0.4, 0.5) is 4.39 Å². The fourth-order valence-electron chi connectivity index (χ4n) is 2.98. The molecule has 0 spiro atoms. The predicted molar refractivity (Wildman–Crippen MR) is 84.5 cm³/mol. The van der Waals surface area contributed by atoms with Crippen molar-refractivity contribution >= 4 is 0 Å². The minimum Gasteiger partial charge on any atom is -0.306 e. The highest BCUT2D eigenvalue weighted by molar-refractivity contribution is 5.33. The molecule has 1 aliphatic carbocycles. The zero-order valence-corrected chi connectivity index (χ0v) is 12.4. The SMILES string of the molecule is N#Cc1cccc(CNC(c2ccc(F)cc2)C2CCC2)c1. The topological polar surface area (TPSA) is 35.8 Å². The van der Waals surface area contributed by atoms with E-state index in [1.54, 1.807) is 0 Å². The molecule has 1 saturated carbocycles. The number of hydrogen-bond acceptors (Lipinski definition) is 2. The molecular weight excluding hydrogens is 275 g/mol. The standard InChI is InChI=1S/C19H19FN2/c20-18-9-7-17(8-10-18)19(16-5-2-6-16)22-13-15-4-1-3-14(11-15)12-21/h1,3-4,7-11,16,19,22H,2,5-6,13H2. The lowest BCUT2D eigenvalue weighted by atomic mass is 9.77. The van der Waals surface area contributed by atoms with Crippen LogP contribution >= 0.6 is 0 Å². The van der Waals surface area contributed by atoms with Gasteiger partial charge in [-0.05, 0) is 54.2 Å². The molecule has 22 heavy (non-hydrogen) atoms. The summed E-state index contributed by atoms with van der Waals surface area (Å²) < 4.78 is 13.1. The Kier molecular flexibility index (Phi) is 4.50. The molecule has 1 fully saturated rings. The van der Waals surface area contributed by atoms with Crippen molar-refractivity contribution in [1.82, 2.24) is 5.32 Å². The van der Waals surface area contributed by atoms with Crippen molar-refractivity contribution in [2.75, 3.05) is 0 Å². The van der Waals surface area contributed by atoms with Crippen molar-refractivity contribution in [3.05, 3.63) is 71.0 Å². The van der Waals surface area contributed by atoms with E-state index < -0.39 is 0 Å². The van der Waals surface area contributed by atoms with Gasteiger partial charge in [-0.15, -0.1) is 0 Å². The van der Waals surface area contributed by atoms with E-state index >= 15 is 0 Å². The average molecular weight is 294 g/mol. The number of nitriles is 1. The number of rotatable bonds is 5. The van der Waals surface area contributed by atoms with Gasteiger partial charge in [0.1, 0.15) is 5.82 Å².